The first-order valence-electron chi connectivity index (χ1n) is 8.06. The van der Waals surface area contributed by atoms with Crippen LogP contribution in [0.1, 0.15) is 35.5 Å². The summed E-state index contributed by atoms with van der Waals surface area (Å²) in [5.41, 5.74) is 1.01. The predicted molar refractivity (Wildman–Crippen MR) is 98.8 cm³/mol. The van der Waals surface area contributed by atoms with Gasteiger partial charge in [0.05, 0.1) is 16.8 Å². The van der Waals surface area contributed by atoms with Gasteiger partial charge in [-0.2, -0.15) is 0 Å². The molecule has 0 radical (unpaired) electrons. The van der Waals surface area contributed by atoms with Gasteiger partial charge in [-0.05, 0) is 31.0 Å². The van der Waals surface area contributed by atoms with E-state index in [0.717, 1.165) is 16.7 Å². The number of nitrogens with zero attached hydrogens (tertiary/aromatic N) is 1. The molecule has 0 bridgehead atoms. The van der Waals surface area contributed by atoms with E-state index in [1.165, 1.54) is 11.3 Å². The maximum Gasteiger partial charge on any atom is 0.261 e. The molecule has 3 rings (SSSR count). The fourth-order valence-electron chi connectivity index (χ4n) is 2.49. The molecule has 1 N–H and O–H groups in total. The van der Waals surface area contributed by atoms with Gasteiger partial charge >= 0.3 is 0 Å². The molecule has 0 fully saturated rings. The van der Waals surface area contributed by atoms with Crippen LogP contribution in [0.3, 0.4) is 0 Å². The van der Waals surface area contributed by atoms with Gasteiger partial charge in [-0.25, -0.2) is 0 Å². The number of thiophene rings is 1. The van der Waals surface area contributed by atoms with E-state index < -0.39 is 0 Å². The van der Waals surface area contributed by atoms with Gasteiger partial charge in [-0.3, -0.25) is 9.59 Å². The number of carbonyl (C=O) groups excluding carboxylic acids is 1. The highest BCUT2D eigenvalue weighted by atomic mass is 32.1. The molecule has 0 saturated heterocycles. The minimum Gasteiger partial charge on any atom is -0.349 e. The van der Waals surface area contributed by atoms with Gasteiger partial charge in [0.15, 0.2) is 0 Å². The largest absolute Gasteiger partial charge is 0.349 e. The Labute approximate surface area is 144 Å². The Balaban J connectivity index is 1.92. The van der Waals surface area contributed by atoms with Crippen LogP contribution in [0.15, 0.2) is 53.5 Å². The number of aromatic nitrogens is 1. The SMILES string of the molecule is CCC(C)NC(=O)c1cc2c(=O)n(Cc3ccccc3)ccc2s1. The molecular formula is C19H20N2O2S. The van der Waals surface area contributed by atoms with Gasteiger partial charge in [0.2, 0.25) is 0 Å². The lowest BCUT2D eigenvalue weighted by Crippen LogP contribution is -2.31. The Bertz CT molecular complexity index is 912. The zero-order valence-electron chi connectivity index (χ0n) is 13.8. The van der Waals surface area contributed by atoms with E-state index in [-0.39, 0.29) is 17.5 Å². The highest BCUT2D eigenvalue weighted by Crippen LogP contribution is 2.23. The van der Waals surface area contributed by atoms with Crippen LogP contribution in [0.5, 0.6) is 0 Å². The Hall–Kier alpha value is -2.40. The zero-order chi connectivity index (χ0) is 17.1. The summed E-state index contributed by atoms with van der Waals surface area (Å²) in [6, 6.07) is 13.6. The van der Waals surface area contributed by atoms with Crippen LogP contribution in [-0.2, 0) is 6.54 Å². The van der Waals surface area contributed by atoms with E-state index in [2.05, 4.69) is 5.32 Å². The van der Waals surface area contributed by atoms with Crippen LogP contribution in [-0.4, -0.2) is 16.5 Å². The molecule has 2 aromatic heterocycles. The minimum atomic E-state index is -0.112. The average Bonchev–Trinajstić information content (AvgIpc) is 3.03. The van der Waals surface area contributed by atoms with Gasteiger partial charge in [-0.1, -0.05) is 37.3 Å². The van der Waals surface area contributed by atoms with Crippen molar-refractivity contribution in [2.75, 3.05) is 0 Å². The van der Waals surface area contributed by atoms with E-state index in [0.29, 0.717) is 16.8 Å². The van der Waals surface area contributed by atoms with Crippen molar-refractivity contribution in [2.45, 2.75) is 32.9 Å². The van der Waals surface area contributed by atoms with Gasteiger partial charge in [0.25, 0.3) is 11.5 Å². The van der Waals surface area contributed by atoms with Gasteiger partial charge < -0.3 is 9.88 Å². The molecule has 0 aliphatic heterocycles. The van der Waals surface area contributed by atoms with E-state index >= 15 is 0 Å². The molecule has 0 aliphatic carbocycles. The second-order valence-corrected chi connectivity index (χ2v) is 6.99. The first-order chi connectivity index (χ1) is 11.6. The number of pyridine rings is 1. The van der Waals surface area contributed by atoms with E-state index in [4.69, 9.17) is 0 Å². The third-order valence-corrected chi connectivity index (χ3v) is 5.17. The van der Waals surface area contributed by atoms with Crippen molar-refractivity contribution in [1.29, 1.82) is 0 Å². The number of carbonyl (C=O) groups is 1. The smallest absolute Gasteiger partial charge is 0.261 e. The van der Waals surface area contributed by atoms with Crippen LogP contribution in [0.25, 0.3) is 10.1 Å². The monoisotopic (exact) mass is 340 g/mol. The van der Waals surface area contributed by atoms with Crippen LogP contribution in [0, 0.1) is 0 Å². The van der Waals surface area contributed by atoms with Crippen molar-refractivity contribution in [3.05, 3.63) is 69.5 Å². The van der Waals surface area contributed by atoms with E-state index in [9.17, 15) is 9.59 Å². The molecule has 3 aromatic rings. The van der Waals surface area contributed by atoms with Crippen LogP contribution >= 0.6 is 11.3 Å². The molecule has 2 heterocycles. The Kier molecular flexibility index (Phi) is 4.81. The summed E-state index contributed by atoms with van der Waals surface area (Å²) in [7, 11) is 0. The normalized spacial score (nSPS) is 12.2. The quantitative estimate of drug-likeness (QED) is 0.771. The third-order valence-electron chi connectivity index (χ3n) is 4.07. The van der Waals surface area contributed by atoms with Crippen LogP contribution in [0.4, 0.5) is 0 Å². The molecular weight excluding hydrogens is 320 g/mol. The summed E-state index contributed by atoms with van der Waals surface area (Å²) in [5.74, 6) is -0.112. The number of hydrogen-bond acceptors (Lipinski definition) is 3. The highest BCUT2D eigenvalue weighted by molar-refractivity contribution is 7.20. The molecule has 0 saturated carbocycles. The summed E-state index contributed by atoms with van der Waals surface area (Å²) in [4.78, 5) is 25.5. The number of benzene rings is 1. The molecule has 5 heteroatoms. The van der Waals surface area contributed by atoms with Crippen molar-refractivity contribution >= 4 is 27.3 Å². The first kappa shape index (κ1) is 16.5. The van der Waals surface area contributed by atoms with E-state index in [1.54, 1.807) is 16.8 Å². The summed E-state index contributed by atoms with van der Waals surface area (Å²) < 4.78 is 2.53. The Morgan fingerprint density at radius 3 is 2.71 bits per heavy atom. The number of rotatable bonds is 5. The maximum absolute atomic E-state index is 12.7. The zero-order valence-corrected chi connectivity index (χ0v) is 14.6. The molecule has 124 valence electrons. The number of hydrogen-bond donors (Lipinski definition) is 1. The molecule has 0 spiro atoms. The van der Waals surface area contributed by atoms with Gasteiger partial charge in [0, 0.05) is 16.9 Å². The summed E-state index contributed by atoms with van der Waals surface area (Å²) >= 11 is 1.36. The van der Waals surface area contributed by atoms with Crippen molar-refractivity contribution in [1.82, 2.24) is 9.88 Å². The number of amides is 1. The lowest BCUT2D eigenvalue weighted by atomic mass is 10.2. The third kappa shape index (κ3) is 3.41. The van der Waals surface area contributed by atoms with Gasteiger partial charge in [-0.15, -0.1) is 11.3 Å². The van der Waals surface area contributed by atoms with Crippen LogP contribution in [0.2, 0.25) is 0 Å². The summed E-state index contributed by atoms with van der Waals surface area (Å²) in [6.07, 6.45) is 2.67. The highest BCUT2D eigenvalue weighted by Gasteiger charge is 2.14. The molecule has 1 aromatic carbocycles. The summed E-state index contributed by atoms with van der Waals surface area (Å²) in [5, 5.41) is 3.55. The number of fused-ring (bicyclic) bond motifs is 1. The molecule has 24 heavy (non-hydrogen) atoms. The molecule has 1 unspecified atom stereocenters. The van der Waals surface area contributed by atoms with E-state index in [1.807, 2.05) is 50.2 Å². The maximum atomic E-state index is 12.7. The van der Waals surface area contributed by atoms with Crippen molar-refractivity contribution in [3.8, 4) is 0 Å². The lowest BCUT2D eigenvalue weighted by Gasteiger charge is -2.09. The Morgan fingerprint density at radius 1 is 1.25 bits per heavy atom. The van der Waals surface area contributed by atoms with Gasteiger partial charge in [0.1, 0.15) is 0 Å². The van der Waals surface area contributed by atoms with Crippen molar-refractivity contribution in [2.24, 2.45) is 0 Å². The topological polar surface area (TPSA) is 51.1 Å². The standard InChI is InChI=1S/C19H20N2O2S/c1-3-13(2)20-18(22)17-11-15-16(24-17)9-10-21(19(15)23)12-14-7-5-4-6-8-14/h4-11,13H,3,12H2,1-2H3,(H,20,22). The second kappa shape index (κ2) is 7.01. The van der Waals surface area contributed by atoms with Crippen molar-refractivity contribution < 1.29 is 4.79 Å². The Morgan fingerprint density at radius 2 is 2.00 bits per heavy atom. The minimum absolute atomic E-state index is 0.0600. The molecule has 4 nitrogen and oxygen atoms in total. The van der Waals surface area contributed by atoms with Crippen molar-refractivity contribution in [3.63, 3.8) is 0 Å². The summed E-state index contributed by atoms with van der Waals surface area (Å²) in [6.45, 7) is 4.52. The first-order valence-corrected chi connectivity index (χ1v) is 8.88. The molecule has 1 atom stereocenters. The fraction of sp³-hybridized carbons (Fsp3) is 0.263. The molecule has 1 amide bonds. The lowest BCUT2D eigenvalue weighted by molar-refractivity contribution is 0.0943. The number of nitrogens with one attached hydrogen (secondary N) is 1. The fourth-order valence-corrected chi connectivity index (χ4v) is 3.44. The second-order valence-electron chi connectivity index (χ2n) is 5.91. The predicted octanol–water partition coefficient (Wildman–Crippen LogP) is 3.64. The van der Waals surface area contributed by atoms with Crippen LogP contribution < -0.4 is 10.9 Å². The molecule has 0 aliphatic rings. The average molecular weight is 340 g/mol.